The van der Waals surface area contributed by atoms with E-state index in [1.807, 2.05) is 27.7 Å². The van der Waals surface area contributed by atoms with Crippen LogP contribution in [0.2, 0.25) is 0 Å². The highest BCUT2D eigenvalue weighted by Crippen LogP contribution is 2.30. The van der Waals surface area contributed by atoms with E-state index in [1.54, 1.807) is 0 Å². The van der Waals surface area contributed by atoms with Crippen LogP contribution >= 0.6 is 0 Å². The number of carbonyl (C=O) groups is 2. The van der Waals surface area contributed by atoms with Crippen molar-refractivity contribution < 1.29 is 19.1 Å². The molecular weight excluding hydrogens is 340 g/mol. The van der Waals surface area contributed by atoms with E-state index in [1.165, 1.54) is 51.4 Å². The lowest BCUT2D eigenvalue weighted by Gasteiger charge is -2.27. The molecular formula is C23H44O4. The van der Waals surface area contributed by atoms with Gasteiger partial charge in [0.2, 0.25) is 0 Å². The van der Waals surface area contributed by atoms with Crippen LogP contribution < -0.4 is 0 Å². The Morgan fingerprint density at radius 3 is 1.59 bits per heavy atom. The van der Waals surface area contributed by atoms with Crippen LogP contribution in [-0.2, 0) is 19.1 Å². The van der Waals surface area contributed by atoms with Gasteiger partial charge in [0.25, 0.3) is 0 Å². The average Bonchev–Trinajstić information content (AvgIpc) is 2.65. The van der Waals surface area contributed by atoms with Gasteiger partial charge in [-0.1, -0.05) is 92.4 Å². The van der Waals surface area contributed by atoms with E-state index in [4.69, 9.17) is 9.47 Å². The van der Waals surface area contributed by atoms with Crippen molar-refractivity contribution in [3.05, 3.63) is 0 Å². The van der Waals surface area contributed by atoms with Crippen LogP contribution in [0.15, 0.2) is 0 Å². The Morgan fingerprint density at radius 1 is 0.704 bits per heavy atom. The van der Waals surface area contributed by atoms with Crippen LogP contribution in [0.3, 0.4) is 0 Å². The maximum atomic E-state index is 12.6. The molecule has 0 unspecified atom stereocenters. The predicted octanol–water partition coefficient (Wildman–Crippen LogP) is 6.46. The number of unbranched alkanes of at least 4 members (excludes halogenated alkanes) is 9. The number of hydrogen-bond acceptors (Lipinski definition) is 4. The highest BCUT2D eigenvalue weighted by atomic mass is 16.6. The number of rotatable bonds is 17. The van der Waals surface area contributed by atoms with Crippen LogP contribution in [0.25, 0.3) is 0 Å². The molecule has 0 aliphatic rings. The first-order valence-electron chi connectivity index (χ1n) is 11.3. The molecule has 0 aromatic heterocycles. The fourth-order valence-corrected chi connectivity index (χ4v) is 3.18. The lowest BCUT2D eigenvalue weighted by atomic mass is 9.82. The quantitative estimate of drug-likeness (QED) is 0.164. The van der Waals surface area contributed by atoms with Crippen molar-refractivity contribution in [2.75, 3.05) is 13.2 Å². The molecule has 0 aromatic rings. The normalized spacial score (nSPS) is 11.6. The molecule has 0 amide bonds. The first-order chi connectivity index (χ1) is 12.9. The molecule has 0 saturated carbocycles. The molecule has 4 nitrogen and oxygen atoms in total. The minimum atomic E-state index is -1.15. The van der Waals surface area contributed by atoms with E-state index in [0.29, 0.717) is 26.1 Å². The van der Waals surface area contributed by atoms with Crippen molar-refractivity contribution in [2.45, 2.75) is 112 Å². The van der Waals surface area contributed by atoms with Gasteiger partial charge in [0.1, 0.15) is 0 Å². The van der Waals surface area contributed by atoms with Gasteiger partial charge in [-0.05, 0) is 25.2 Å². The van der Waals surface area contributed by atoms with Crippen molar-refractivity contribution in [1.29, 1.82) is 0 Å². The maximum Gasteiger partial charge on any atom is 0.323 e. The average molecular weight is 385 g/mol. The monoisotopic (exact) mass is 384 g/mol. The summed E-state index contributed by atoms with van der Waals surface area (Å²) in [7, 11) is 0. The van der Waals surface area contributed by atoms with E-state index >= 15 is 0 Å². The van der Waals surface area contributed by atoms with E-state index in [2.05, 4.69) is 6.92 Å². The first kappa shape index (κ1) is 25.9. The summed E-state index contributed by atoms with van der Waals surface area (Å²) in [5.41, 5.74) is -1.15. The van der Waals surface area contributed by atoms with Gasteiger partial charge in [0.05, 0.1) is 13.2 Å². The molecule has 0 spiro atoms. The fraction of sp³-hybridized carbons (Fsp3) is 0.913. The Morgan fingerprint density at radius 2 is 1.15 bits per heavy atom. The maximum absolute atomic E-state index is 12.6. The Kier molecular flexibility index (Phi) is 15.3. The summed E-state index contributed by atoms with van der Waals surface area (Å²) in [6.45, 7) is 10.6. The molecule has 0 saturated heterocycles. The predicted molar refractivity (Wildman–Crippen MR) is 112 cm³/mol. The van der Waals surface area contributed by atoms with Crippen molar-refractivity contribution in [3.63, 3.8) is 0 Å². The molecule has 0 fully saturated rings. The third kappa shape index (κ3) is 10.8. The third-order valence-corrected chi connectivity index (χ3v) is 5.27. The highest BCUT2D eigenvalue weighted by Gasteiger charge is 2.45. The van der Waals surface area contributed by atoms with Crippen molar-refractivity contribution >= 4 is 11.9 Å². The fourth-order valence-electron chi connectivity index (χ4n) is 3.18. The van der Waals surface area contributed by atoms with Crippen molar-refractivity contribution in [1.82, 2.24) is 0 Å². The topological polar surface area (TPSA) is 52.6 Å². The minimum absolute atomic E-state index is 0.253. The summed E-state index contributed by atoms with van der Waals surface area (Å²) in [5, 5.41) is 0. The Hall–Kier alpha value is -1.06. The van der Waals surface area contributed by atoms with E-state index in [-0.39, 0.29) is 5.92 Å². The smallest absolute Gasteiger partial charge is 0.323 e. The molecule has 160 valence electrons. The molecule has 0 rings (SSSR count). The first-order valence-corrected chi connectivity index (χ1v) is 11.3. The second-order valence-corrected chi connectivity index (χ2v) is 8.10. The summed E-state index contributed by atoms with van der Waals surface area (Å²) >= 11 is 0. The van der Waals surface area contributed by atoms with Crippen LogP contribution in [-0.4, -0.2) is 25.2 Å². The van der Waals surface area contributed by atoms with Crippen LogP contribution in [0, 0.1) is 11.3 Å². The number of hydrogen-bond donors (Lipinski definition) is 0. The molecule has 4 heteroatoms. The van der Waals surface area contributed by atoms with Gasteiger partial charge < -0.3 is 9.47 Å². The molecule has 0 heterocycles. The van der Waals surface area contributed by atoms with Crippen LogP contribution in [0.1, 0.15) is 112 Å². The summed E-state index contributed by atoms with van der Waals surface area (Å²) < 4.78 is 10.8. The highest BCUT2D eigenvalue weighted by molar-refractivity contribution is 5.99. The van der Waals surface area contributed by atoms with Crippen molar-refractivity contribution in [3.8, 4) is 0 Å². The summed E-state index contributed by atoms with van der Waals surface area (Å²) in [6.07, 6.45) is 13.2. The zero-order valence-corrected chi connectivity index (χ0v) is 18.6. The number of carbonyl (C=O) groups excluding carboxylic acids is 2. The van der Waals surface area contributed by atoms with Crippen LogP contribution in [0.5, 0.6) is 0 Å². The van der Waals surface area contributed by atoms with E-state index < -0.39 is 17.4 Å². The summed E-state index contributed by atoms with van der Waals surface area (Å²) in [5.74, 6) is -0.602. The Labute approximate surface area is 167 Å². The third-order valence-electron chi connectivity index (χ3n) is 5.27. The van der Waals surface area contributed by atoms with Gasteiger partial charge in [-0.3, -0.25) is 9.59 Å². The zero-order valence-electron chi connectivity index (χ0n) is 18.6. The molecule has 27 heavy (non-hydrogen) atoms. The molecule has 0 aliphatic heterocycles. The van der Waals surface area contributed by atoms with Gasteiger partial charge in [0, 0.05) is 0 Å². The lowest BCUT2D eigenvalue weighted by molar-refractivity contribution is -0.174. The lowest BCUT2D eigenvalue weighted by Crippen LogP contribution is -2.41. The Balaban J connectivity index is 4.03. The van der Waals surface area contributed by atoms with Gasteiger partial charge in [-0.15, -0.1) is 0 Å². The minimum Gasteiger partial charge on any atom is -0.465 e. The molecule has 0 N–H and O–H groups in total. The van der Waals surface area contributed by atoms with Crippen molar-refractivity contribution in [2.24, 2.45) is 11.3 Å². The van der Waals surface area contributed by atoms with E-state index in [9.17, 15) is 9.59 Å². The molecule has 0 aliphatic carbocycles. The summed E-state index contributed by atoms with van der Waals surface area (Å²) in [6, 6.07) is 0. The number of ether oxygens (including phenoxy) is 2. The standard InChI is InChI=1S/C23H44O4/c1-6-9-10-11-12-13-14-15-16-17-18-26-21(24)23(7-2,8-3)22(25)27-19-20(4)5/h20H,6-19H2,1-5H3. The van der Waals surface area contributed by atoms with Gasteiger partial charge >= 0.3 is 11.9 Å². The molecule has 0 radical (unpaired) electrons. The second kappa shape index (κ2) is 15.9. The Bertz CT molecular complexity index is 386. The van der Waals surface area contributed by atoms with Gasteiger partial charge in [-0.25, -0.2) is 0 Å². The second-order valence-electron chi connectivity index (χ2n) is 8.10. The zero-order chi connectivity index (χ0) is 20.5. The van der Waals surface area contributed by atoms with Crippen LogP contribution in [0.4, 0.5) is 0 Å². The van der Waals surface area contributed by atoms with E-state index in [0.717, 1.165) is 12.8 Å². The molecule has 0 aromatic carbocycles. The SMILES string of the molecule is CCCCCCCCCCCCOC(=O)C(CC)(CC)C(=O)OCC(C)C. The summed E-state index contributed by atoms with van der Waals surface area (Å²) in [4.78, 5) is 25.0. The van der Waals surface area contributed by atoms with Gasteiger partial charge in [0.15, 0.2) is 5.41 Å². The molecule has 0 atom stereocenters. The largest absolute Gasteiger partial charge is 0.465 e. The van der Waals surface area contributed by atoms with Gasteiger partial charge in [-0.2, -0.15) is 0 Å². The number of esters is 2. The molecule has 0 bridgehead atoms.